The van der Waals surface area contributed by atoms with Crippen molar-refractivity contribution < 1.29 is 13.9 Å². The third-order valence-electron chi connectivity index (χ3n) is 4.71. The highest BCUT2D eigenvalue weighted by atomic mass is 19.1. The first-order valence-corrected chi connectivity index (χ1v) is 9.23. The van der Waals surface area contributed by atoms with Crippen LogP contribution in [-0.2, 0) is 4.74 Å². The number of hydrogen-bond donors (Lipinski definition) is 1. The van der Waals surface area contributed by atoms with Crippen LogP contribution in [0.1, 0.15) is 65.4 Å². The topological polar surface area (TPSA) is 41.6 Å². The van der Waals surface area contributed by atoms with E-state index in [0.717, 1.165) is 37.9 Å². The summed E-state index contributed by atoms with van der Waals surface area (Å²) < 4.78 is 19.8. The van der Waals surface area contributed by atoms with E-state index in [1.54, 1.807) is 6.07 Å². The number of halogens is 1. The number of nitrogens with zero attached hydrogens (tertiary/aromatic N) is 1. The SMILES string of the molecule is CCC(C)c1ccc(N2CCC(NC(=O)OC(C)(C)C)CC2)c(F)c1. The molecule has 1 amide bonds. The minimum Gasteiger partial charge on any atom is -0.444 e. The van der Waals surface area contributed by atoms with Gasteiger partial charge in [0.15, 0.2) is 0 Å². The summed E-state index contributed by atoms with van der Waals surface area (Å²) in [4.78, 5) is 13.9. The van der Waals surface area contributed by atoms with Crippen molar-refractivity contribution in [3.8, 4) is 0 Å². The van der Waals surface area contributed by atoms with E-state index in [9.17, 15) is 9.18 Å². The van der Waals surface area contributed by atoms with Gasteiger partial charge in [0.25, 0.3) is 0 Å². The van der Waals surface area contributed by atoms with E-state index in [4.69, 9.17) is 4.74 Å². The van der Waals surface area contributed by atoms with Crippen LogP contribution in [0.15, 0.2) is 18.2 Å². The largest absolute Gasteiger partial charge is 0.444 e. The lowest BCUT2D eigenvalue weighted by atomic mass is 9.97. The van der Waals surface area contributed by atoms with Crippen molar-refractivity contribution in [2.45, 2.75) is 71.4 Å². The molecule has 4 nitrogen and oxygen atoms in total. The smallest absolute Gasteiger partial charge is 0.407 e. The fraction of sp³-hybridized carbons (Fsp3) is 0.650. The lowest BCUT2D eigenvalue weighted by Gasteiger charge is -2.34. The van der Waals surface area contributed by atoms with E-state index in [1.807, 2.05) is 32.9 Å². The molecule has 1 fully saturated rings. The molecule has 1 heterocycles. The Morgan fingerprint density at radius 3 is 2.52 bits per heavy atom. The normalized spacial score (nSPS) is 17.3. The summed E-state index contributed by atoms with van der Waals surface area (Å²) in [6.45, 7) is 11.2. The van der Waals surface area contributed by atoms with Crippen molar-refractivity contribution in [2.24, 2.45) is 0 Å². The van der Waals surface area contributed by atoms with Gasteiger partial charge in [-0.25, -0.2) is 9.18 Å². The summed E-state index contributed by atoms with van der Waals surface area (Å²) in [5.74, 6) is 0.212. The Kier molecular flexibility index (Phi) is 6.31. The van der Waals surface area contributed by atoms with Crippen molar-refractivity contribution in [3.63, 3.8) is 0 Å². The number of piperidine rings is 1. The zero-order valence-electron chi connectivity index (χ0n) is 16.1. The van der Waals surface area contributed by atoms with Crippen LogP contribution >= 0.6 is 0 Å². The minimum absolute atomic E-state index is 0.0774. The predicted molar refractivity (Wildman–Crippen MR) is 99.7 cm³/mol. The van der Waals surface area contributed by atoms with Crippen LogP contribution in [0.5, 0.6) is 0 Å². The third kappa shape index (κ3) is 5.62. The molecular formula is C20H31FN2O2. The second-order valence-electron chi connectivity index (χ2n) is 7.93. The summed E-state index contributed by atoms with van der Waals surface area (Å²) in [5, 5.41) is 2.91. The molecule has 1 aliphatic rings. The number of carbonyl (C=O) groups excluding carboxylic acids is 1. The molecule has 2 rings (SSSR count). The van der Waals surface area contributed by atoms with Gasteiger partial charge in [0.2, 0.25) is 0 Å². The number of rotatable bonds is 4. The molecule has 5 heteroatoms. The standard InChI is InChI=1S/C20H31FN2O2/c1-6-14(2)15-7-8-18(17(21)13-15)23-11-9-16(10-12-23)22-19(24)25-20(3,4)5/h7-8,13-14,16H,6,9-12H2,1-5H3,(H,22,24). The Morgan fingerprint density at radius 1 is 1.36 bits per heavy atom. The second-order valence-corrected chi connectivity index (χ2v) is 7.93. The van der Waals surface area contributed by atoms with Crippen molar-refractivity contribution in [3.05, 3.63) is 29.6 Å². The van der Waals surface area contributed by atoms with Gasteiger partial charge in [0, 0.05) is 19.1 Å². The molecule has 140 valence electrons. The molecule has 0 bridgehead atoms. The number of amides is 1. The number of ether oxygens (including phenoxy) is 1. The van der Waals surface area contributed by atoms with E-state index < -0.39 is 5.60 Å². The quantitative estimate of drug-likeness (QED) is 0.845. The summed E-state index contributed by atoms with van der Waals surface area (Å²) in [6, 6.07) is 5.65. The molecule has 1 saturated heterocycles. The number of benzene rings is 1. The van der Waals surface area contributed by atoms with Gasteiger partial charge in [0.1, 0.15) is 11.4 Å². The maximum atomic E-state index is 14.5. The number of nitrogens with one attached hydrogen (secondary N) is 1. The van der Waals surface area contributed by atoms with Crippen LogP contribution in [0.2, 0.25) is 0 Å². The third-order valence-corrected chi connectivity index (χ3v) is 4.71. The lowest BCUT2D eigenvalue weighted by Crippen LogP contribution is -2.46. The number of alkyl carbamates (subject to hydrolysis) is 1. The van der Waals surface area contributed by atoms with E-state index in [0.29, 0.717) is 11.6 Å². The fourth-order valence-corrected chi connectivity index (χ4v) is 3.06. The molecule has 0 saturated carbocycles. The van der Waals surface area contributed by atoms with Gasteiger partial charge in [-0.05, 0) is 63.6 Å². The van der Waals surface area contributed by atoms with Crippen LogP contribution in [0.3, 0.4) is 0 Å². The molecule has 1 aromatic rings. The lowest BCUT2D eigenvalue weighted by molar-refractivity contribution is 0.0497. The zero-order chi connectivity index (χ0) is 18.6. The van der Waals surface area contributed by atoms with E-state index in [1.165, 1.54) is 0 Å². The molecule has 0 aromatic heterocycles. The zero-order valence-corrected chi connectivity index (χ0v) is 16.1. The second kappa shape index (κ2) is 8.07. The van der Waals surface area contributed by atoms with Gasteiger partial charge in [-0.3, -0.25) is 0 Å². The van der Waals surface area contributed by atoms with Crippen LogP contribution < -0.4 is 10.2 Å². The van der Waals surface area contributed by atoms with Gasteiger partial charge in [-0.2, -0.15) is 0 Å². The highest BCUT2D eigenvalue weighted by Crippen LogP contribution is 2.28. The Bertz CT molecular complexity index is 590. The van der Waals surface area contributed by atoms with Crippen LogP contribution in [0.4, 0.5) is 14.9 Å². The van der Waals surface area contributed by atoms with Crippen molar-refractivity contribution >= 4 is 11.8 Å². The fourth-order valence-electron chi connectivity index (χ4n) is 3.06. The average molecular weight is 350 g/mol. The molecule has 25 heavy (non-hydrogen) atoms. The molecule has 1 unspecified atom stereocenters. The maximum Gasteiger partial charge on any atom is 0.407 e. The van der Waals surface area contributed by atoms with Crippen LogP contribution in [0, 0.1) is 5.82 Å². The van der Waals surface area contributed by atoms with Crippen molar-refractivity contribution in [1.29, 1.82) is 0 Å². The molecule has 1 aromatic carbocycles. The summed E-state index contributed by atoms with van der Waals surface area (Å²) >= 11 is 0. The highest BCUT2D eigenvalue weighted by Gasteiger charge is 2.25. The molecule has 0 radical (unpaired) electrons. The number of hydrogen-bond acceptors (Lipinski definition) is 3. The first-order valence-electron chi connectivity index (χ1n) is 9.23. The molecule has 1 aliphatic heterocycles. The van der Waals surface area contributed by atoms with Gasteiger partial charge >= 0.3 is 6.09 Å². The molecular weight excluding hydrogens is 319 g/mol. The van der Waals surface area contributed by atoms with Crippen molar-refractivity contribution in [1.82, 2.24) is 5.32 Å². The predicted octanol–water partition coefficient (Wildman–Crippen LogP) is 4.83. The molecule has 1 N–H and O–H groups in total. The van der Waals surface area contributed by atoms with Gasteiger partial charge < -0.3 is 15.0 Å². The summed E-state index contributed by atoms with van der Waals surface area (Å²) in [7, 11) is 0. The summed E-state index contributed by atoms with van der Waals surface area (Å²) in [6.07, 6.45) is 2.19. The Hall–Kier alpha value is -1.78. The minimum atomic E-state index is -0.495. The number of carbonyl (C=O) groups is 1. The Balaban J connectivity index is 1.91. The number of anilines is 1. The average Bonchev–Trinajstić information content (AvgIpc) is 2.53. The van der Waals surface area contributed by atoms with Gasteiger partial charge in [-0.15, -0.1) is 0 Å². The van der Waals surface area contributed by atoms with E-state index in [-0.39, 0.29) is 18.0 Å². The monoisotopic (exact) mass is 350 g/mol. The Morgan fingerprint density at radius 2 is 2.00 bits per heavy atom. The van der Waals surface area contributed by atoms with Crippen molar-refractivity contribution in [2.75, 3.05) is 18.0 Å². The molecule has 0 spiro atoms. The molecule has 0 aliphatic carbocycles. The highest BCUT2D eigenvalue weighted by molar-refractivity contribution is 5.68. The van der Waals surface area contributed by atoms with E-state index in [2.05, 4.69) is 24.1 Å². The Labute approximate surface area is 150 Å². The molecule has 1 atom stereocenters. The van der Waals surface area contributed by atoms with Crippen LogP contribution in [-0.4, -0.2) is 30.8 Å². The summed E-state index contributed by atoms with van der Waals surface area (Å²) in [5.41, 5.74) is 1.21. The first kappa shape index (κ1) is 19.5. The van der Waals surface area contributed by atoms with E-state index >= 15 is 0 Å². The van der Waals surface area contributed by atoms with Gasteiger partial charge in [-0.1, -0.05) is 19.9 Å². The maximum absolute atomic E-state index is 14.5. The first-order chi connectivity index (χ1) is 11.7. The van der Waals surface area contributed by atoms with Gasteiger partial charge in [0.05, 0.1) is 5.69 Å². The van der Waals surface area contributed by atoms with Crippen LogP contribution in [0.25, 0.3) is 0 Å².